The van der Waals surface area contributed by atoms with Gasteiger partial charge in [-0.1, -0.05) is 0 Å². The number of thioether (sulfide) groups is 1. The highest BCUT2D eigenvalue weighted by molar-refractivity contribution is 8.01. The van der Waals surface area contributed by atoms with E-state index >= 15 is 0 Å². The van der Waals surface area contributed by atoms with Gasteiger partial charge in [0.15, 0.2) is 0 Å². The average molecular weight is 352 g/mol. The number of carbonyl (C=O) groups excluding carboxylic acids is 1. The van der Waals surface area contributed by atoms with Crippen molar-refractivity contribution in [2.45, 2.75) is 22.0 Å². The summed E-state index contributed by atoms with van der Waals surface area (Å²) in [4.78, 5) is 12.5. The third kappa shape index (κ3) is 3.32. The molecule has 0 aliphatic carbocycles. The molecule has 1 amide bonds. The van der Waals surface area contributed by atoms with E-state index in [1.807, 2.05) is 0 Å². The molecular formula is C15H13FN2O3S2. The molecule has 1 heterocycles. The van der Waals surface area contributed by atoms with Crippen molar-refractivity contribution >= 4 is 39.1 Å². The molecule has 0 bridgehead atoms. The molecule has 0 aromatic heterocycles. The van der Waals surface area contributed by atoms with Gasteiger partial charge in [0, 0.05) is 10.6 Å². The zero-order chi connectivity index (χ0) is 16.6. The van der Waals surface area contributed by atoms with Crippen molar-refractivity contribution in [2.24, 2.45) is 0 Å². The second-order valence-corrected chi connectivity index (χ2v) is 8.08. The Morgan fingerprint density at radius 2 is 1.87 bits per heavy atom. The van der Waals surface area contributed by atoms with Gasteiger partial charge in [-0.05, 0) is 49.4 Å². The molecule has 120 valence electrons. The van der Waals surface area contributed by atoms with Gasteiger partial charge < -0.3 is 5.32 Å². The first-order valence-electron chi connectivity index (χ1n) is 6.75. The van der Waals surface area contributed by atoms with E-state index in [4.69, 9.17) is 0 Å². The lowest BCUT2D eigenvalue weighted by Crippen LogP contribution is -2.26. The van der Waals surface area contributed by atoms with Gasteiger partial charge in [0.2, 0.25) is 5.91 Å². The summed E-state index contributed by atoms with van der Waals surface area (Å²) in [6, 6.07) is 9.57. The predicted molar refractivity (Wildman–Crippen MR) is 87.6 cm³/mol. The number of sulfonamides is 1. The number of benzene rings is 2. The second-order valence-electron chi connectivity index (χ2n) is 5.02. The summed E-state index contributed by atoms with van der Waals surface area (Å²) < 4.78 is 40.0. The van der Waals surface area contributed by atoms with Crippen molar-refractivity contribution in [1.29, 1.82) is 0 Å². The number of fused-ring (bicyclic) bond motifs is 1. The van der Waals surface area contributed by atoms with Gasteiger partial charge in [-0.3, -0.25) is 9.52 Å². The lowest BCUT2D eigenvalue weighted by atomic mass is 10.3. The van der Waals surface area contributed by atoms with E-state index in [1.165, 1.54) is 48.2 Å². The van der Waals surface area contributed by atoms with Gasteiger partial charge >= 0.3 is 0 Å². The summed E-state index contributed by atoms with van der Waals surface area (Å²) >= 11 is 1.38. The minimum absolute atomic E-state index is 0.0241. The van der Waals surface area contributed by atoms with E-state index in [0.29, 0.717) is 5.69 Å². The van der Waals surface area contributed by atoms with Crippen LogP contribution in [0.5, 0.6) is 0 Å². The van der Waals surface area contributed by atoms with Gasteiger partial charge in [-0.25, -0.2) is 12.8 Å². The van der Waals surface area contributed by atoms with E-state index in [9.17, 15) is 17.6 Å². The van der Waals surface area contributed by atoms with Crippen LogP contribution in [0.4, 0.5) is 15.8 Å². The van der Waals surface area contributed by atoms with Gasteiger partial charge in [0.1, 0.15) is 5.82 Å². The minimum Gasteiger partial charge on any atom is -0.324 e. The quantitative estimate of drug-likeness (QED) is 0.890. The van der Waals surface area contributed by atoms with Crippen LogP contribution in [0.25, 0.3) is 0 Å². The fraction of sp³-hybridized carbons (Fsp3) is 0.133. The molecule has 2 aromatic carbocycles. The van der Waals surface area contributed by atoms with Crippen molar-refractivity contribution in [3.8, 4) is 0 Å². The Balaban J connectivity index is 1.90. The van der Waals surface area contributed by atoms with Crippen LogP contribution in [-0.4, -0.2) is 19.6 Å². The summed E-state index contributed by atoms with van der Waals surface area (Å²) in [5.74, 6) is -0.612. The van der Waals surface area contributed by atoms with Crippen molar-refractivity contribution < 1.29 is 17.6 Å². The third-order valence-corrected chi connectivity index (χ3v) is 5.85. The Hall–Kier alpha value is -2.06. The number of nitrogens with one attached hydrogen (secondary N) is 2. The number of anilines is 2. The Kier molecular flexibility index (Phi) is 4.03. The molecule has 8 heteroatoms. The first-order chi connectivity index (χ1) is 10.8. The highest BCUT2D eigenvalue weighted by atomic mass is 32.2. The van der Waals surface area contributed by atoms with Crippen molar-refractivity contribution in [1.82, 2.24) is 0 Å². The Morgan fingerprint density at radius 1 is 1.17 bits per heavy atom. The smallest absolute Gasteiger partial charge is 0.261 e. The van der Waals surface area contributed by atoms with Crippen LogP contribution >= 0.6 is 11.8 Å². The molecule has 2 N–H and O–H groups in total. The van der Waals surface area contributed by atoms with Crippen LogP contribution in [0.3, 0.4) is 0 Å². The van der Waals surface area contributed by atoms with E-state index < -0.39 is 15.8 Å². The molecular weight excluding hydrogens is 339 g/mol. The molecule has 1 atom stereocenters. The Labute approximate surface area is 137 Å². The summed E-state index contributed by atoms with van der Waals surface area (Å²) in [7, 11) is -3.82. The highest BCUT2D eigenvalue weighted by Crippen LogP contribution is 2.36. The van der Waals surface area contributed by atoms with E-state index in [2.05, 4.69) is 10.0 Å². The molecule has 0 saturated carbocycles. The van der Waals surface area contributed by atoms with Crippen LogP contribution in [0, 0.1) is 5.82 Å². The summed E-state index contributed by atoms with van der Waals surface area (Å²) in [6.07, 6.45) is 0. The maximum atomic E-state index is 12.9. The molecule has 0 saturated heterocycles. The van der Waals surface area contributed by atoms with Crippen molar-refractivity contribution in [3.63, 3.8) is 0 Å². The van der Waals surface area contributed by atoms with E-state index in [-0.39, 0.29) is 21.7 Å². The molecule has 1 aliphatic heterocycles. The first kappa shape index (κ1) is 15.8. The number of halogens is 1. The zero-order valence-corrected chi connectivity index (χ0v) is 13.7. The molecule has 23 heavy (non-hydrogen) atoms. The maximum absolute atomic E-state index is 12.9. The SMILES string of the molecule is C[C@H]1Sc2ccc(S(=O)(=O)Nc3ccc(F)cc3)cc2NC1=O. The molecule has 0 fully saturated rings. The standard InChI is InChI=1S/C15H13FN2O3S2/c1-9-15(19)17-13-8-12(6-7-14(13)22-9)23(20,21)18-11-4-2-10(16)3-5-11/h2-9,18H,1H3,(H,17,19)/t9-/m1/s1. The largest absolute Gasteiger partial charge is 0.324 e. The number of hydrogen-bond acceptors (Lipinski definition) is 4. The lowest BCUT2D eigenvalue weighted by Gasteiger charge is -2.21. The monoisotopic (exact) mass is 352 g/mol. The second kappa shape index (κ2) is 5.86. The van der Waals surface area contributed by atoms with Crippen molar-refractivity contribution in [2.75, 3.05) is 10.0 Å². The number of rotatable bonds is 3. The Bertz CT molecular complexity index is 867. The van der Waals surface area contributed by atoms with Crippen molar-refractivity contribution in [3.05, 3.63) is 48.3 Å². The predicted octanol–water partition coefficient (Wildman–Crippen LogP) is 3.06. The average Bonchev–Trinajstić information content (AvgIpc) is 2.50. The van der Waals surface area contributed by atoms with Crippen LogP contribution in [0.15, 0.2) is 52.3 Å². The number of hydrogen-bond donors (Lipinski definition) is 2. The molecule has 0 radical (unpaired) electrons. The molecule has 1 aliphatic rings. The van der Waals surface area contributed by atoms with Crippen LogP contribution in [-0.2, 0) is 14.8 Å². The third-order valence-electron chi connectivity index (χ3n) is 3.29. The topological polar surface area (TPSA) is 75.3 Å². The fourth-order valence-corrected chi connectivity index (χ4v) is 4.10. The zero-order valence-electron chi connectivity index (χ0n) is 12.0. The minimum atomic E-state index is -3.82. The maximum Gasteiger partial charge on any atom is 0.261 e. The number of amides is 1. The summed E-state index contributed by atoms with van der Waals surface area (Å²) in [6.45, 7) is 1.78. The fourth-order valence-electron chi connectivity index (χ4n) is 2.09. The summed E-state index contributed by atoms with van der Waals surface area (Å²) in [5.41, 5.74) is 0.733. The van der Waals surface area contributed by atoms with Crippen LogP contribution < -0.4 is 10.0 Å². The first-order valence-corrected chi connectivity index (χ1v) is 9.11. The van der Waals surface area contributed by atoms with Gasteiger partial charge in [-0.2, -0.15) is 0 Å². The van der Waals surface area contributed by atoms with E-state index in [1.54, 1.807) is 13.0 Å². The molecule has 3 rings (SSSR count). The molecule has 0 spiro atoms. The Morgan fingerprint density at radius 3 is 2.57 bits per heavy atom. The summed E-state index contributed by atoms with van der Waals surface area (Å²) in [5, 5.41) is 2.47. The lowest BCUT2D eigenvalue weighted by molar-refractivity contribution is -0.115. The van der Waals surface area contributed by atoms with Crippen LogP contribution in [0.1, 0.15) is 6.92 Å². The van der Waals surface area contributed by atoms with Gasteiger partial charge in [-0.15, -0.1) is 11.8 Å². The highest BCUT2D eigenvalue weighted by Gasteiger charge is 2.25. The van der Waals surface area contributed by atoms with Crippen LogP contribution in [0.2, 0.25) is 0 Å². The van der Waals surface area contributed by atoms with E-state index in [0.717, 1.165) is 4.90 Å². The van der Waals surface area contributed by atoms with Gasteiger partial charge in [0.05, 0.1) is 15.8 Å². The molecule has 2 aromatic rings. The molecule has 5 nitrogen and oxygen atoms in total. The number of carbonyl (C=O) groups is 1. The molecule has 0 unspecified atom stereocenters. The van der Waals surface area contributed by atoms with Gasteiger partial charge in [0.25, 0.3) is 10.0 Å². The normalized spacial score (nSPS) is 17.3.